The normalized spacial score (nSPS) is 18.8. The fourth-order valence-corrected chi connectivity index (χ4v) is 3.86. The maximum Gasteiger partial charge on any atom is 0.229 e. The molecule has 138 valence electrons. The van der Waals surface area contributed by atoms with Crippen LogP contribution in [0.3, 0.4) is 0 Å². The Morgan fingerprint density at radius 3 is 2.35 bits per heavy atom. The number of piperidine rings is 2. The Morgan fingerprint density at radius 2 is 1.62 bits per heavy atom. The molecule has 0 amide bonds. The maximum atomic E-state index is 4.71. The fraction of sp³-hybridized carbons (Fsp3) is 0.524. The molecule has 2 aromatic rings. The van der Waals surface area contributed by atoms with E-state index >= 15 is 0 Å². The van der Waals surface area contributed by atoms with Gasteiger partial charge in [0.25, 0.3) is 0 Å². The number of rotatable bonds is 4. The molecule has 0 atom stereocenters. The van der Waals surface area contributed by atoms with E-state index in [4.69, 9.17) is 4.98 Å². The van der Waals surface area contributed by atoms with Crippen molar-refractivity contribution >= 4 is 23.1 Å². The van der Waals surface area contributed by atoms with Crippen molar-refractivity contribution in [3.8, 4) is 0 Å². The molecule has 0 spiro atoms. The van der Waals surface area contributed by atoms with Crippen molar-refractivity contribution in [3.05, 3.63) is 36.5 Å². The van der Waals surface area contributed by atoms with Crippen molar-refractivity contribution in [1.29, 1.82) is 0 Å². The minimum atomic E-state index is 0.674. The number of anilines is 4. The van der Waals surface area contributed by atoms with Crippen LogP contribution in [0, 0.1) is 5.92 Å². The Balaban J connectivity index is 1.41. The molecule has 0 bridgehead atoms. The van der Waals surface area contributed by atoms with Gasteiger partial charge in [-0.05, 0) is 68.4 Å². The van der Waals surface area contributed by atoms with E-state index in [0.29, 0.717) is 5.95 Å². The van der Waals surface area contributed by atoms with Crippen molar-refractivity contribution in [2.45, 2.75) is 39.0 Å². The minimum Gasteiger partial charge on any atom is -0.372 e. The van der Waals surface area contributed by atoms with Gasteiger partial charge in [0.15, 0.2) is 0 Å². The molecule has 26 heavy (non-hydrogen) atoms. The summed E-state index contributed by atoms with van der Waals surface area (Å²) in [5.74, 6) is 2.56. The first-order valence-corrected chi connectivity index (χ1v) is 9.98. The second-order valence-electron chi connectivity index (χ2n) is 7.63. The summed E-state index contributed by atoms with van der Waals surface area (Å²) >= 11 is 0. The Hall–Kier alpha value is -2.30. The average molecular weight is 351 g/mol. The molecule has 2 saturated heterocycles. The van der Waals surface area contributed by atoms with Crippen LogP contribution < -0.4 is 15.1 Å². The lowest BCUT2D eigenvalue weighted by molar-refractivity contribution is 0.438. The van der Waals surface area contributed by atoms with Crippen molar-refractivity contribution in [2.24, 2.45) is 5.92 Å². The van der Waals surface area contributed by atoms with Crippen molar-refractivity contribution in [2.75, 3.05) is 41.3 Å². The largest absolute Gasteiger partial charge is 0.372 e. The monoisotopic (exact) mass is 351 g/mol. The van der Waals surface area contributed by atoms with Crippen LogP contribution in [0.25, 0.3) is 0 Å². The zero-order valence-corrected chi connectivity index (χ0v) is 15.7. The quantitative estimate of drug-likeness (QED) is 0.882. The molecule has 5 heteroatoms. The summed E-state index contributed by atoms with van der Waals surface area (Å²) in [6.07, 6.45) is 8.26. The first-order valence-electron chi connectivity index (χ1n) is 9.98. The van der Waals surface area contributed by atoms with Gasteiger partial charge in [0.2, 0.25) is 5.95 Å². The molecular formula is C21H29N5. The Kier molecular flexibility index (Phi) is 5.23. The average Bonchev–Trinajstić information content (AvgIpc) is 2.70. The number of nitrogens with one attached hydrogen (secondary N) is 1. The van der Waals surface area contributed by atoms with Gasteiger partial charge in [0, 0.05) is 43.8 Å². The molecular weight excluding hydrogens is 322 g/mol. The van der Waals surface area contributed by atoms with Gasteiger partial charge in [0.05, 0.1) is 0 Å². The van der Waals surface area contributed by atoms with E-state index in [-0.39, 0.29) is 0 Å². The molecule has 1 aromatic heterocycles. The van der Waals surface area contributed by atoms with E-state index in [2.05, 4.69) is 51.3 Å². The molecule has 2 aliphatic heterocycles. The van der Waals surface area contributed by atoms with Gasteiger partial charge in [-0.1, -0.05) is 6.92 Å². The first-order chi connectivity index (χ1) is 12.8. The lowest BCUT2D eigenvalue weighted by atomic mass is 9.99. The second kappa shape index (κ2) is 7.94. The molecule has 3 heterocycles. The summed E-state index contributed by atoms with van der Waals surface area (Å²) in [6, 6.07) is 10.7. The predicted octanol–water partition coefficient (Wildman–Crippen LogP) is 4.45. The Morgan fingerprint density at radius 1 is 0.885 bits per heavy atom. The van der Waals surface area contributed by atoms with E-state index < -0.39 is 0 Å². The van der Waals surface area contributed by atoms with Gasteiger partial charge in [-0.3, -0.25) is 0 Å². The minimum absolute atomic E-state index is 0.674. The van der Waals surface area contributed by atoms with E-state index in [1.807, 2.05) is 12.3 Å². The van der Waals surface area contributed by atoms with Crippen LogP contribution in [-0.2, 0) is 0 Å². The lowest BCUT2D eigenvalue weighted by Gasteiger charge is -2.32. The third kappa shape index (κ3) is 4.09. The summed E-state index contributed by atoms with van der Waals surface area (Å²) in [5.41, 5.74) is 2.35. The van der Waals surface area contributed by atoms with Crippen LogP contribution in [0.2, 0.25) is 0 Å². The molecule has 1 N–H and O–H groups in total. The third-order valence-electron chi connectivity index (χ3n) is 5.59. The van der Waals surface area contributed by atoms with Crippen molar-refractivity contribution < 1.29 is 0 Å². The van der Waals surface area contributed by atoms with E-state index in [1.165, 1.54) is 37.8 Å². The smallest absolute Gasteiger partial charge is 0.229 e. The summed E-state index contributed by atoms with van der Waals surface area (Å²) in [7, 11) is 0. The van der Waals surface area contributed by atoms with Gasteiger partial charge in [-0.25, -0.2) is 4.98 Å². The Labute approximate surface area is 156 Å². The SMILES string of the molecule is CC1CCN(c2ccc(Nc3nccc(N4CCCCC4)n3)cc2)CC1. The van der Waals surface area contributed by atoms with E-state index in [1.54, 1.807) is 0 Å². The molecule has 0 unspecified atom stereocenters. The van der Waals surface area contributed by atoms with Crippen LogP contribution in [-0.4, -0.2) is 36.1 Å². The molecule has 4 rings (SSSR count). The molecule has 2 fully saturated rings. The van der Waals surface area contributed by atoms with Crippen molar-refractivity contribution in [1.82, 2.24) is 9.97 Å². The lowest BCUT2D eigenvalue weighted by Crippen LogP contribution is -2.32. The second-order valence-corrected chi connectivity index (χ2v) is 7.63. The molecule has 0 radical (unpaired) electrons. The van der Waals surface area contributed by atoms with E-state index in [0.717, 1.165) is 43.6 Å². The van der Waals surface area contributed by atoms with Gasteiger partial charge in [-0.15, -0.1) is 0 Å². The highest BCUT2D eigenvalue weighted by Crippen LogP contribution is 2.25. The van der Waals surface area contributed by atoms with Gasteiger partial charge < -0.3 is 15.1 Å². The first kappa shape index (κ1) is 17.1. The van der Waals surface area contributed by atoms with Gasteiger partial charge in [-0.2, -0.15) is 4.98 Å². The standard InChI is InChI=1S/C21H29N5/c1-17-10-15-25(16-11-17)19-7-5-18(6-8-19)23-21-22-12-9-20(24-21)26-13-3-2-4-14-26/h5-9,12,17H,2-4,10-11,13-16H2,1H3,(H,22,23,24). The predicted molar refractivity (Wildman–Crippen MR) is 108 cm³/mol. The summed E-state index contributed by atoms with van der Waals surface area (Å²) in [5, 5.41) is 3.35. The van der Waals surface area contributed by atoms with Crippen LogP contribution in [0.4, 0.5) is 23.1 Å². The molecule has 5 nitrogen and oxygen atoms in total. The molecule has 1 aromatic carbocycles. The van der Waals surface area contributed by atoms with Gasteiger partial charge in [0.1, 0.15) is 5.82 Å². The van der Waals surface area contributed by atoms with Gasteiger partial charge >= 0.3 is 0 Å². The fourth-order valence-electron chi connectivity index (χ4n) is 3.86. The van der Waals surface area contributed by atoms with Crippen LogP contribution in [0.1, 0.15) is 39.0 Å². The number of hydrogen-bond donors (Lipinski definition) is 1. The zero-order valence-electron chi connectivity index (χ0n) is 15.7. The molecule has 2 aliphatic rings. The Bertz CT molecular complexity index is 701. The highest BCUT2D eigenvalue weighted by molar-refractivity contribution is 5.60. The van der Waals surface area contributed by atoms with Crippen molar-refractivity contribution in [3.63, 3.8) is 0 Å². The summed E-state index contributed by atoms with van der Waals surface area (Å²) < 4.78 is 0. The number of benzene rings is 1. The summed E-state index contributed by atoms with van der Waals surface area (Å²) in [6.45, 7) is 6.87. The third-order valence-corrected chi connectivity index (χ3v) is 5.59. The summed E-state index contributed by atoms with van der Waals surface area (Å²) in [4.78, 5) is 13.9. The molecule has 0 aliphatic carbocycles. The van der Waals surface area contributed by atoms with Crippen LogP contribution in [0.5, 0.6) is 0 Å². The number of nitrogens with zero attached hydrogens (tertiary/aromatic N) is 4. The van der Waals surface area contributed by atoms with E-state index in [9.17, 15) is 0 Å². The number of hydrogen-bond acceptors (Lipinski definition) is 5. The maximum absolute atomic E-state index is 4.71. The highest BCUT2D eigenvalue weighted by atomic mass is 15.2. The van der Waals surface area contributed by atoms with Crippen LogP contribution >= 0.6 is 0 Å². The zero-order chi connectivity index (χ0) is 17.8. The van der Waals surface area contributed by atoms with Crippen LogP contribution in [0.15, 0.2) is 36.5 Å². The topological polar surface area (TPSA) is 44.3 Å². The number of aromatic nitrogens is 2. The highest BCUT2D eigenvalue weighted by Gasteiger charge is 2.16. The molecule has 0 saturated carbocycles.